The fraction of sp³-hybridized carbons (Fsp3) is 0.381. The molecule has 1 atom stereocenters. The second kappa shape index (κ2) is 6.18. The van der Waals surface area contributed by atoms with Crippen LogP contribution in [0.1, 0.15) is 36.1 Å². The van der Waals surface area contributed by atoms with Gasteiger partial charge in [0.2, 0.25) is 0 Å². The minimum absolute atomic E-state index is 0.469. The molecule has 0 saturated heterocycles. The van der Waals surface area contributed by atoms with E-state index in [1.165, 1.54) is 0 Å². The molecule has 25 heavy (non-hydrogen) atoms. The second-order valence-corrected chi connectivity index (χ2v) is 7.34. The normalized spacial score (nSPS) is 20.6. The van der Waals surface area contributed by atoms with E-state index in [-0.39, 0.29) is 0 Å². The van der Waals surface area contributed by atoms with Crippen LogP contribution in [0.3, 0.4) is 0 Å². The van der Waals surface area contributed by atoms with Crippen LogP contribution < -0.4 is 4.74 Å². The maximum atomic E-state index is 11.7. The summed E-state index contributed by atoms with van der Waals surface area (Å²) < 4.78 is 5.55. The molecule has 1 aliphatic heterocycles. The summed E-state index contributed by atoms with van der Waals surface area (Å²) in [7, 11) is 3.60. The van der Waals surface area contributed by atoms with Gasteiger partial charge in [0.05, 0.1) is 18.6 Å². The Morgan fingerprint density at radius 3 is 2.60 bits per heavy atom. The Morgan fingerprint density at radius 1 is 1.20 bits per heavy atom. The number of likely N-dealkylation sites (N-methyl/N-ethyl adjacent to an activating group) is 1. The summed E-state index contributed by atoms with van der Waals surface area (Å²) in [4.78, 5) is 2.10. The van der Waals surface area contributed by atoms with Gasteiger partial charge in [-0.05, 0) is 49.7 Å². The summed E-state index contributed by atoms with van der Waals surface area (Å²) in [6.07, 6.45) is 0. The summed E-state index contributed by atoms with van der Waals surface area (Å²) in [6.45, 7) is 5.02. The van der Waals surface area contributed by atoms with Crippen molar-refractivity contribution in [2.45, 2.75) is 31.4 Å². The first-order valence-electron chi connectivity index (χ1n) is 8.41. The van der Waals surface area contributed by atoms with Crippen LogP contribution in [0.25, 0.3) is 0 Å². The molecule has 4 heteroatoms. The van der Waals surface area contributed by atoms with Gasteiger partial charge in [-0.25, -0.2) is 0 Å². The lowest BCUT2D eigenvalue weighted by Gasteiger charge is -2.40. The highest BCUT2D eigenvalue weighted by atomic mass is 16.5. The van der Waals surface area contributed by atoms with Crippen LogP contribution in [0.5, 0.6) is 5.75 Å². The highest BCUT2D eigenvalue weighted by Gasteiger charge is 2.41. The summed E-state index contributed by atoms with van der Waals surface area (Å²) >= 11 is 0. The smallest absolute Gasteiger partial charge is 0.131 e. The van der Waals surface area contributed by atoms with Gasteiger partial charge in [-0.3, -0.25) is 4.90 Å². The molecule has 0 amide bonds. The van der Waals surface area contributed by atoms with E-state index < -0.39 is 11.0 Å². The quantitative estimate of drug-likeness (QED) is 0.935. The number of fused-ring (bicyclic) bond motifs is 1. The topological polar surface area (TPSA) is 56.5 Å². The number of benzene rings is 2. The van der Waals surface area contributed by atoms with Crippen molar-refractivity contribution in [2.24, 2.45) is 0 Å². The molecule has 0 aliphatic carbocycles. The molecule has 3 rings (SSSR count). The van der Waals surface area contributed by atoms with Crippen molar-refractivity contribution in [3.05, 3.63) is 64.7 Å². The van der Waals surface area contributed by atoms with Gasteiger partial charge in [-0.1, -0.05) is 30.3 Å². The average Bonchev–Trinajstić information content (AvgIpc) is 2.61. The van der Waals surface area contributed by atoms with E-state index in [0.29, 0.717) is 17.9 Å². The summed E-state index contributed by atoms with van der Waals surface area (Å²) in [5.74, 6) is 0.630. The highest BCUT2D eigenvalue weighted by molar-refractivity contribution is 5.52. The minimum atomic E-state index is -1.18. The first-order valence-corrected chi connectivity index (χ1v) is 8.41. The SMILES string of the molecule is COc1ccc(C(C)(C)C#N)cc1C1(O)CN(C)Cc2ccccc21. The number of hydrogen-bond donors (Lipinski definition) is 1. The number of rotatable bonds is 3. The number of methoxy groups -OCH3 is 1. The molecule has 1 unspecified atom stereocenters. The summed E-state index contributed by atoms with van der Waals surface area (Å²) in [5.41, 5.74) is 1.75. The van der Waals surface area contributed by atoms with Crippen molar-refractivity contribution in [2.75, 3.05) is 20.7 Å². The molecule has 0 saturated carbocycles. The fourth-order valence-electron chi connectivity index (χ4n) is 3.60. The van der Waals surface area contributed by atoms with Crippen LogP contribution in [-0.4, -0.2) is 30.7 Å². The molecule has 1 heterocycles. The monoisotopic (exact) mass is 336 g/mol. The molecule has 130 valence electrons. The Bertz CT molecular complexity index is 838. The molecular formula is C21H24N2O2. The van der Waals surface area contributed by atoms with Crippen LogP contribution in [0.4, 0.5) is 0 Å². The van der Waals surface area contributed by atoms with Gasteiger partial charge in [-0.2, -0.15) is 5.26 Å². The molecule has 1 aliphatic rings. The van der Waals surface area contributed by atoms with E-state index in [1.54, 1.807) is 7.11 Å². The maximum absolute atomic E-state index is 11.7. The third kappa shape index (κ3) is 2.90. The Labute approximate surface area is 149 Å². The lowest BCUT2D eigenvalue weighted by atomic mass is 9.77. The van der Waals surface area contributed by atoms with Crippen LogP contribution >= 0.6 is 0 Å². The van der Waals surface area contributed by atoms with Gasteiger partial charge in [0.25, 0.3) is 0 Å². The van der Waals surface area contributed by atoms with Crippen molar-refractivity contribution >= 4 is 0 Å². The first-order chi connectivity index (χ1) is 11.8. The third-order valence-corrected chi connectivity index (χ3v) is 5.05. The Hall–Kier alpha value is -2.35. The molecule has 0 radical (unpaired) electrons. The van der Waals surface area contributed by atoms with Gasteiger partial charge in [0, 0.05) is 18.7 Å². The van der Waals surface area contributed by atoms with Crippen LogP contribution in [0.2, 0.25) is 0 Å². The Kier molecular flexibility index (Phi) is 4.32. The van der Waals surface area contributed by atoms with Crippen LogP contribution in [0, 0.1) is 11.3 Å². The van der Waals surface area contributed by atoms with E-state index in [2.05, 4.69) is 11.0 Å². The molecule has 0 bridgehead atoms. The summed E-state index contributed by atoms with van der Waals surface area (Å²) in [5, 5.41) is 21.2. The zero-order valence-electron chi connectivity index (χ0n) is 15.2. The van der Waals surface area contributed by atoms with Crippen LogP contribution in [0.15, 0.2) is 42.5 Å². The predicted octanol–water partition coefficient (Wildman–Crippen LogP) is 3.18. The first kappa shape index (κ1) is 17.5. The van der Waals surface area contributed by atoms with Crippen molar-refractivity contribution in [1.29, 1.82) is 5.26 Å². The molecule has 2 aromatic rings. The molecule has 0 spiro atoms. The molecule has 4 nitrogen and oxygen atoms in total. The molecular weight excluding hydrogens is 312 g/mol. The van der Waals surface area contributed by atoms with E-state index in [1.807, 2.05) is 63.4 Å². The number of hydrogen-bond acceptors (Lipinski definition) is 4. The number of aliphatic hydroxyl groups is 1. The van der Waals surface area contributed by atoms with E-state index >= 15 is 0 Å². The minimum Gasteiger partial charge on any atom is -0.496 e. The van der Waals surface area contributed by atoms with Gasteiger partial charge in [0.15, 0.2) is 0 Å². The number of nitriles is 1. The second-order valence-electron chi connectivity index (χ2n) is 7.34. The van der Waals surface area contributed by atoms with Crippen molar-refractivity contribution < 1.29 is 9.84 Å². The van der Waals surface area contributed by atoms with Crippen molar-refractivity contribution in [3.63, 3.8) is 0 Å². The van der Waals surface area contributed by atoms with Gasteiger partial charge < -0.3 is 9.84 Å². The predicted molar refractivity (Wildman–Crippen MR) is 97.4 cm³/mol. The zero-order valence-corrected chi connectivity index (χ0v) is 15.2. The van der Waals surface area contributed by atoms with Crippen molar-refractivity contribution in [1.82, 2.24) is 4.90 Å². The fourth-order valence-corrected chi connectivity index (χ4v) is 3.60. The maximum Gasteiger partial charge on any atom is 0.131 e. The molecule has 2 aromatic carbocycles. The standard InChI is InChI=1S/C21H24N2O2/c1-20(2,13-22)16-9-10-19(25-4)18(11-16)21(24)14-23(3)12-15-7-5-6-8-17(15)21/h5-11,24H,12,14H2,1-4H3. The highest BCUT2D eigenvalue weighted by Crippen LogP contribution is 2.42. The zero-order chi connectivity index (χ0) is 18.2. The van der Waals surface area contributed by atoms with E-state index in [4.69, 9.17) is 4.74 Å². The van der Waals surface area contributed by atoms with Crippen LogP contribution in [-0.2, 0) is 17.6 Å². The number of β-amino-alcohol motifs (C(OH)–C–C–N with tert-alkyl or cyclic N) is 1. The third-order valence-electron chi connectivity index (χ3n) is 5.05. The van der Waals surface area contributed by atoms with Crippen molar-refractivity contribution in [3.8, 4) is 11.8 Å². The Morgan fingerprint density at radius 2 is 1.92 bits per heavy atom. The number of ether oxygens (including phenoxy) is 1. The van der Waals surface area contributed by atoms with Gasteiger partial charge in [0.1, 0.15) is 11.4 Å². The average molecular weight is 336 g/mol. The van der Waals surface area contributed by atoms with E-state index in [0.717, 1.165) is 23.2 Å². The Balaban J connectivity index is 2.24. The molecule has 0 fully saturated rings. The van der Waals surface area contributed by atoms with E-state index in [9.17, 15) is 10.4 Å². The molecule has 1 N–H and O–H groups in total. The largest absolute Gasteiger partial charge is 0.496 e. The molecule has 0 aromatic heterocycles. The lowest BCUT2D eigenvalue weighted by molar-refractivity contribution is 0.0262. The van der Waals surface area contributed by atoms with Gasteiger partial charge >= 0.3 is 0 Å². The lowest BCUT2D eigenvalue weighted by Crippen LogP contribution is -2.45. The van der Waals surface area contributed by atoms with Gasteiger partial charge in [-0.15, -0.1) is 0 Å². The summed E-state index contributed by atoms with van der Waals surface area (Å²) in [6, 6.07) is 16.0. The number of nitrogens with zero attached hydrogens (tertiary/aromatic N) is 2.